The lowest BCUT2D eigenvalue weighted by Crippen LogP contribution is -2.49. The fraction of sp³-hybridized carbons (Fsp3) is 0.625. The van der Waals surface area contributed by atoms with E-state index in [-0.39, 0.29) is 0 Å². The molecule has 1 fully saturated rings. The zero-order valence-electron chi connectivity index (χ0n) is 11.6. The van der Waals surface area contributed by atoms with Crippen LogP contribution in [-0.2, 0) is 6.42 Å². The molecule has 1 aromatic rings. The third kappa shape index (κ3) is 3.56. The lowest BCUT2D eigenvalue weighted by atomic mass is 9.80. The van der Waals surface area contributed by atoms with Gasteiger partial charge in [0.15, 0.2) is 0 Å². The van der Waals surface area contributed by atoms with Crippen molar-refractivity contribution >= 4 is 0 Å². The Hall–Kier alpha value is -0.860. The van der Waals surface area contributed by atoms with Crippen molar-refractivity contribution in [3.63, 3.8) is 0 Å². The van der Waals surface area contributed by atoms with E-state index >= 15 is 0 Å². The quantitative estimate of drug-likeness (QED) is 0.810. The summed E-state index contributed by atoms with van der Waals surface area (Å²) in [6.07, 6.45) is 5.24. The van der Waals surface area contributed by atoms with E-state index in [9.17, 15) is 5.11 Å². The van der Waals surface area contributed by atoms with Gasteiger partial charge in [-0.05, 0) is 44.6 Å². The van der Waals surface area contributed by atoms with Gasteiger partial charge in [0.25, 0.3) is 0 Å². The van der Waals surface area contributed by atoms with Crippen LogP contribution in [0.15, 0.2) is 24.3 Å². The number of aryl methyl sites for hydroxylation is 1. The Morgan fingerprint density at radius 3 is 2.44 bits per heavy atom. The normalized spacial score (nSPS) is 19.3. The smallest absolute Gasteiger partial charge is 0.0771 e. The second kappa shape index (κ2) is 5.85. The lowest BCUT2D eigenvalue weighted by molar-refractivity contribution is -0.0332. The van der Waals surface area contributed by atoms with Crippen molar-refractivity contribution in [2.75, 3.05) is 6.54 Å². The van der Waals surface area contributed by atoms with Gasteiger partial charge in [-0.25, -0.2) is 0 Å². The van der Waals surface area contributed by atoms with E-state index < -0.39 is 5.60 Å². The Morgan fingerprint density at radius 2 is 1.94 bits per heavy atom. The highest BCUT2D eigenvalue weighted by Crippen LogP contribution is 2.30. The molecule has 0 amide bonds. The molecule has 1 aliphatic rings. The molecule has 2 heteroatoms. The van der Waals surface area contributed by atoms with Crippen LogP contribution >= 0.6 is 0 Å². The fourth-order valence-electron chi connectivity index (χ4n) is 2.47. The molecular weight excluding hydrogens is 222 g/mol. The minimum absolute atomic E-state index is 0.416. The summed E-state index contributed by atoms with van der Waals surface area (Å²) in [5.74, 6) is 0. The number of benzene rings is 1. The van der Waals surface area contributed by atoms with Gasteiger partial charge < -0.3 is 10.4 Å². The van der Waals surface area contributed by atoms with Crippen LogP contribution in [0.5, 0.6) is 0 Å². The Labute approximate surface area is 110 Å². The molecule has 1 aromatic carbocycles. The average Bonchev–Trinajstić information content (AvgIpc) is 2.34. The molecule has 1 aliphatic carbocycles. The van der Waals surface area contributed by atoms with Crippen molar-refractivity contribution in [3.05, 3.63) is 35.4 Å². The summed E-state index contributed by atoms with van der Waals surface area (Å²) >= 11 is 0. The van der Waals surface area contributed by atoms with Crippen LogP contribution in [0, 0.1) is 6.92 Å². The molecule has 0 heterocycles. The van der Waals surface area contributed by atoms with Crippen molar-refractivity contribution in [1.29, 1.82) is 0 Å². The van der Waals surface area contributed by atoms with Crippen LogP contribution in [0.1, 0.15) is 43.7 Å². The van der Waals surface area contributed by atoms with Gasteiger partial charge in [0.05, 0.1) is 5.60 Å². The zero-order valence-corrected chi connectivity index (χ0v) is 11.6. The van der Waals surface area contributed by atoms with E-state index in [2.05, 4.69) is 43.4 Å². The Morgan fingerprint density at radius 1 is 1.28 bits per heavy atom. The lowest BCUT2D eigenvalue weighted by Gasteiger charge is -2.38. The third-order valence-corrected chi connectivity index (χ3v) is 4.10. The zero-order chi connectivity index (χ0) is 13.0. The number of hydrogen-bond donors (Lipinski definition) is 2. The largest absolute Gasteiger partial charge is 0.389 e. The molecule has 2 N–H and O–H groups in total. The number of aliphatic hydroxyl groups is 1. The van der Waals surface area contributed by atoms with Gasteiger partial charge in [0.1, 0.15) is 0 Å². The highest BCUT2D eigenvalue weighted by Gasteiger charge is 2.34. The van der Waals surface area contributed by atoms with E-state index in [1.807, 2.05) is 0 Å². The molecule has 2 rings (SSSR count). The number of nitrogens with one attached hydrogen (secondary N) is 1. The van der Waals surface area contributed by atoms with Gasteiger partial charge in [0, 0.05) is 12.6 Å². The summed E-state index contributed by atoms with van der Waals surface area (Å²) in [7, 11) is 0. The molecule has 100 valence electrons. The van der Waals surface area contributed by atoms with Crippen LogP contribution in [0.25, 0.3) is 0 Å². The van der Waals surface area contributed by atoms with Crippen molar-refractivity contribution in [2.24, 2.45) is 0 Å². The molecule has 0 aliphatic heterocycles. The van der Waals surface area contributed by atoms with Gasteiger partial charge in [-0.2, -0.15) is 0 Å². The Balaban J connectivity index is 1.83. The molecule has 2 nitrogen and oxygen atoms in total. The maximum absolute atomic E-state index is 10.1. The van der Waals surface area contributed by atoms with Crippen molar-refractivity contribution < 1.29 is 5.11 Å². The average molecular weight is 247 g/mol. The molecular formula is C16H25NO. The molecule has 0 aromatic heterocycles. The predicted octanol–water partition coefficient (Wildman–Crippen LogP) is 2.82. The molecule has 0 bridgehead atoms. The van der Waals surface area contributed by atoms with Gasteiger partial charge in [-0.15, -0.1) is 0 Å². The summed E-state index contributed by atoms with van der Waals surface area (Å²) in [4.78, 5) is 0. The van der Waals surface area contributed by atoms with Gasteiger partial charge in [-0.1, -0.05) is 36.8 Å². The van der Waals surface area contributed by atoms with Crippen LogP contribution in [-0.4, -0.2) is 23.3 Å². The number of hydrogen-bond acceptors (Lipinski definition) is 2. The summed E-state index contributed by atoms with van der Waals surface area (Å²) in [6.45, 7) is 5.07. The number of rotatable bonds is 6. The topological polar surface area (TPSA) is 32.3 Å². The highest BCUT2D eigenvalue weighted by molar-refractivity contribution is 5.22. The second-order valence-corrected chi connectivity index (χ2v) is 5.75. The van der Waals surface area contributed by atoms with Crippen molar-refractivity contribution in [3.8, 4) is 0 Å². The maximum atomic E-state index is 10.1. The van der Waals surface area contributed by atoms with E-state index in [1.54, 1.807) is 0 Å². The third-order valence-electron chi connectivity index (χ3n) is 4.10. The van der Waals surface area contributed by atoms with E-state index in [0.717, 1.165) is 32.2 Å². The van der Waals surface area contributed by atoms with Crippen LogP contribution in [0.4, 0.5) is 0 Å². The summed E-state index contributed by atoms with van der Waals surface area (Å²) < 4.78 is 0. The standard InChI is InChI=1S/C16H25NO/c1-3-15(17-12-16(18)9-4-10-16)11-14-7-5-13(2)6-8-14/h5-8,15,17-18H,3-4,9-12H2,1-2H3. The van der Waals surface area contributed by atoms with Gasteiger partial charge in [0.2, 0.25) is 0 Å². The molecule has 18 heavy (non-hydrogen) atoms. The maximum Gasteiger partial charge on any atom is 0.0771 e. The molecule has 0 radical (unpaired) electrons. The summed E-state index contributed by atoms with van der Waals surface area (Å²) in [6, 6.07) is 9.22. The molecule has 1 unspecified atom stereocenters. The molecule has 1 saturated carbocycles. The van der Waals surface area contributed by atoms with E-state index in [0.29, 0.717) is 6.04 Å². The second-order valence-electron chi connectivity index (χ2n) is 5.75. The first-order valence-electron chi connectivity index (χ1n) is 7.13. The van der Waals surface area contributed by atoms with Crippen LogP contribution in [0.3, 0.4) is 0 Å². The molecule has 0 saturated heterocycles. The van der Waals surface area contributed by atoms with E-state index in [1.165, 1.54) is 17.5 Å². The summed E-state index contributed by atoms with van der Waals surface area (Å²) in [5, 5.41) is 13.6. The Kier molecular flexibility index (Phi) is 4.41. The van der Waals surface area contributed by atoms with E-state index in [4.69, 9.17) is 0 Å². The van der Waals surface area contributed by atoms with Gasteiger partial charge >= 0.3 is 0 Å². The summed E-state index contributed by atoms with van der Waals surface area (Å²) in [5.41, 5.74) is 2.27. The van der Waals surface area contributed by atoms with Crippen molar-refractivity contribution in [2.45, 2.75) is 57.6 Å². The first-order chi connectivity index (χ1) is 8.61. The monoisotopic (exact) mass is 247 g/mol. The minimum Gasteiger partial charge on any atom is -0.389 e. The van der Waals surface area contributed by atoms with Crippen molar-refractivity contribution in [1.82, 2.24) is 5.32 Å². The Bertz CT molecular complexity index is 367. The minimum atomic E-state index is -0.416. The van der Waals surface area contributed by atoms with Gasteiger partial charge in [-0.3, -0.25) is 0 Å². The van der Waals surface area contributed by atoms with Crippen LogP contribution in [0.2, 0.25) is 0 Å². The molecule has 0 spiro atoms. The fourth-order valence-corrected chi connectivity index (χ4v) is 2.47. The first-order valence-corrected chi connectivity index (χ1v) is 7.13. The first kappa shape index (κ1) is 13.6. The predicted molar refractivity (Wildman–Crippen MR) is 75.8 cm³/mol. The SMILES string of the molecule is CCC(Cc1ccc(C)cc1)NCC1(O)CCC1. The van der Waals surface area contributed by atoms with Crippen LogP contribution < -0.4 is 5.32 Å². The molecule has 1 atom stereocenters. The highest BCUT2D eigenvalue weighted by atomic mass is 16.3.